The van der Waals surface area contributed by atoms with Crippen LogP contribution in [0.3, 0.4) is 0 Å². The highest BCUT2D eigenvalue weighted by Gasteiger charge is 2.16. The lowest BCUT2D eigenvalue weighted by atomic mass is 9.99. The Labute approximate surface area is 119 Å². The summed E-state index contributed by atoms with van der Waals surface area (Å²) in [5, 5.41) is 12.5. The first-order valence-corrected chi connectivity index (χ1v) is 7.79. The smallest absolute Gasteiger partial charge is 0.0628 e. The highest BCUT2D eigenvalue weighted by Crippen LogP contribution is 2.17. The number of likely N-dealkylation sites (N-methyl/N-ethyl adjacent to an activating group) is 1. The minimum atomic E-state index is 0.487. The third-order valence-corrected chi connectivity index (χ3v) is 4.40. The maximum Gasteiger partial charge on any atom is 0.0628 e. The normalized spacial score (nSPS) is 12.8. The lowest BCUT2D eigenvalue weighted by Crippen LogP contribution is -2.33. The third-order valence-electron chi connectivity index (χ3n) is 3.66. The van der Waals surface area contributed by atoms with Gasteiger partial charge in [-0.05, 0) is 61.2 Å². The van der Waals surface area contributed by atoms with E-state index < -0.39 is 0 Å². The molecule has 0 aromatic carbocycles. The van der Waals surface area contributed by atoms with Crippen molar-refractivity contribution in [2.45, 2.75) is 39.7 Å². The van der Waals surface area contributed by atoms with Crippen LogP contribution in [0, 0.1) is 13.8 Å². The van der Waals surface area contributed by atoms with Gasteiger partial charge in [0.25, 0.3) is 0 Å². The number of rotatable bonds is 6. The van der Waals surface area contributed by atoms with Gasteiger partial charge in [0.1, 0.15) is 0 Å². The highest BCUT2D eigenvalue weighted by atomic mass is 32.1. The number of aromatic nitrogens is 2. The van der Waals surface area contributed by atoms with E-state index in [1.165, 1.54) is 16.8 Å². The van der Waals surface area contributed by atoms with E-state index in [-0.39, 0.29) is 0 Å². The SMILES string of the molecule is CCNC(Cc1ccsc1)Cc1c(C)nn(C)c1C. The second kappa shape index (κ2) is 6.35. The van der Waals surface area contributed by atoms with E-state index in [1.54, 1.807) is 11.3 Å². The first-order valence-electron chi connectivity index (χ1n) is 6.85. The van der Waals surface area contributed by atoms with Gasteiger partial charge in [0, 0.05) is 18.8 Å². The summed E-state index contributed by atoms with van der Waals surface area (Å²) < 4.78 is 1.98. The van der Waals surface area contributed by atoms with Crippen molar-refractivity contribution >= 4 is 11.3 Å². The summed E-state index contributed by atoms with van der Waals surface area (Å²) in [6.07, 6.45) is 2.14. The molecule has 0 saturated heterocycles. The molecule has 2 aromatic heterocycles. The van der Waals surface area contributed by atoms with Gasteiger partial charge >= 0.3 is 0 Å². The van der Waals surface area contributed by atoms with Crippen LogP contribution >= 0.6 is 11.3 Å². The predicted molar refractivity (Wildman–Crippen MR) is 81.9 cm³/mol. The minimum absolute atomic E-state index is 0.487. The Kier molecular flexibility index (Phi) is 4.77. The summed E-state index contributed by atoms with van der Waals surface area (Å²) in [5.74, 6) is 0. The molecule has 1 N–H and O–H groups in total. The molecule has 0 fully saturated rings. The zero-order chi connectivity index (χ0) is 13.8. The molecule has 1 atom stereocenters. The van der Waals surface area contributed by atoms with Crippen LogP contribution in [0.15, 0.2) is 16.8 Å². The van der Waals surface area contributed by atoms with Crippen LogP contribution in [0.1, 0.15) is 29.4 Å². The maximum absolute atomic E-state index is 4.51. The van der Waals surface area contributed by atoms with Gasteiger partial charge in [0.15, 0.2) is 0 Å². The van der Waals surface area contributed by atoms with Crippen molar-refractivity contribution in [1.29, 1.82) is 0 Å². The molecule has 1 unspecified atom stereocenters. The van der Waals surface area contributed by atoms with Crippen molar-refractivity contribution in [2.75, 3.05) is 6.54 Å². The van der Waals surface area contributed by atoms with Crippen molar-refractivity contribution < 1.29 is 0 Å². The molecule has 2 rings (SSSR count). The molecule has 0 saturated carbocycles. The van der Waals surface area contributed by atoms with Crippen molar-refractivity contribution in [1.82, 2.24) is 15.1 Å². The molecular formula is C15H23N3S. The number of aryl methyl sites for hydroxylation is 2. The molecule has 0 spiro atoms. The number of nitrogens with zero attached hydrogens (tertiary/aromatic N) is 2. The fourth-order valence-corrected chi connectivity index (χ4v) is 3.24. The molecule has 19 heavy (non-hydrogen) atoms. The molecule has 0 bridgehead atoms. The van der Waals surface area contributed by atoms with Crippen molar-refractivity contribution in [3.63, 3.8) is 0 Å². The number of hydrogen-bond acceptors (Lipinski definition) is 3. The van der Waals surface area contributed by atoms with Crippen molar-refractivity contribution in [3.8, 4) is 0 Å². The quantitative estimate of drug-likeness (QED) is 0.880. The van der Waals surface area contributed by atoms with Crippen LogP contribution in [-0.4, -0.2) is 22.4 Å². The Balaban J connectivity index is 2.11. The highest BCUT2D eigenvalue weighted by molar-refractivity contribution is 7.07. The molecule has 0 amide bonds. The number of thiophene rings is 1. The summed E-state index contributed by atoms with van der Waals surface area (Å²) in [7, 11) is 2.02. The molecular weight excluding hydrogens is 254 g/mol. The summed E-state index contributed by atoms with van der Waals surface area (Å²) in [6, 6.07) is 2.71. The lowest BCUT2D eigenvalue weighted by molar-refractivity contribution is 0.520. The van der Waals surface area contributed by atoms with E-state index >= 15 is 0 Å². The van der Waals surface area contributed by atoms with Gasteiger partial charge in [-0.3, -0.25) is 4.68 Å². The lowest BCUT2D eigenvalue weighted by Gasteiger charge is -2.17. The standard InChI is InChI=1S/C15H23N3S/c1-5-16-14(8-13-6-7-19-10-13)9-15-11(2)17-18(4)12(15)3/h6-7,10,14,16H,5,8-9H2,1-4H3. The summed E-state index contributed by atoms with van der Waals surface area (Å²) in [4.78, 5) is 0. The van der Waals surface area contributed by atoms with Gasteiger partial charge in [-0.25, -0.2) is 0 Å². The molecule has 0 aliphatic heterocycles. The molecule has 0 radical (unpaired) electrons. The Morgan fingerprint density at radius 1 is 1.37 bits per heavy atom. The average Bonchev–Trinajstić information content (AvgIpc) is 2.94. The molecule has 2 heterocycles. The van der Waals surface area contributed by atoms with Crippen molar-refractivity contribution in [2.24, 2.45) is 7.05 Å². The van der Waals surface area contributed by atoms with Crippen LogP contribution in [0.4, 0.5) is 0 Å². The van der Waals surface area contributed by atoms with Crippen LogP contribution < -0.4 is 5.32 Å². The maximum atomic E-state index is 4.51. The first kappa shape index (κ1) is 14.3. The van der Waals surface area contributed by atoms with Gasteiger partial charge in [-0.1, -0.05) is 6.92 Å². The minimum Gasteiger partial charge on any atom is -0.314 e. The molecule has 2 aromatic rings. The summed E-state index contributed by atoms with van der Waals surface area (Å²) in [6.45, 7) is 7.44. The molecule has 0 aliphatic rings. The van der Waals surface area contributed by atoms with E-state index in [0.717, 1.165) is 25.1 Å². The molecule has 0 aliphatic carbocycles. The van der Waals surface area contributed by atoms with Gasteiger partial charge < -0.3 is 5.32 Å². The number of hydrogen-bond donors (Lipinski definition) is 1. The van der Waals surface area contributed by atoms with Gasteiger partial charge in [0.05, 0.1) is 5.69 Å². The van der Waals surface area contributed by atoms with Crippen LogP contribution in [0.2, 0.25) is 0 Å². The molecule has 104 valence electrons. The van der Waals surface area contributed by atoms with E-state index in [4.69, 9.17) is 0 Å². The van der Waals surface area contributed by atoms with E-state index in [1.807, 2.05) is 11.7 Å². The Morgan fingerprint density at radius 3 is 2.68 bits per heavy atom. The van der Waals surface area contributed by atoms with E-state index in [0.29, 0.717) is 6.04 Å². The van der Waals surface area contributed by atoms with Crippen LogP contribution in [-0.2, 0) is 19.9 Å². The fraction of sp³-hybridized carbons (Fsp3) is 0.533. The Bertz CT molecular complexity index is 514. The van der Waals surface area contributed by atoms with E-state index in [2.05, 4.69) is 48.0 Å². The molecule has 4 heteroatoms. The monoisotopic (exact) mass is 277 g/mol. The van der Waals surface area contributed by atoms with Crippen molar-refractivity contribution in [3.05, 3.63) is 39.3 Å². The second-order valence-corrected chi connectivity index (χ2v) is 5.85. The Morgan fingerprint density at radius 2 is 2.16 bits per heavy atom. The largest absolute Gasteiger partial charge is 0.314 e. The van der Waals surface area contributed by atoms with E-state index in [9.17, 15) is 0 Å². The third kappa shape index (κ3) is 3.45. The second-order valence-electron chi connectivity index (χ2n) is 5.07. The summed E-state index contributed by atoms with van der Waals surface area (Å²) in [5.41, 5.74) is 5.26. The Hall–Kier alpha value is -1.13. The zero-order valence-corrected chi connectivity index (χ0v) is 13.0. The van der Waals surface area contributed by atoms with Crippen LogP contribution in [0.25, 0.3) is 0 Å². The van der Waals surface area contributed by atoms with Gasteiger partial charge in [0.2, 0.25) is 0 Å². The molecule has 3 nitrogen and oxygen atoms in total. The average molecular weight is 277 g/mol. The predicted octanol–water partition coefficient (Wildman–Crippen LogP) is 2.86. The van der Waals surface area contributed by atoms with Crippen LogP contribution in [0.5, 0.6) is 0 Å². The first-order chi connectivity index (χ1) is 9.11. The van der Waals surface area contributed by atoms with Gasteiger partial charge in [-0.15, -0.1) is 0 Å². The number of nitrogens with one attached hydrogen (secondary N) is 1. The topological polar surface area (TPSA) is 29.9 Å². The fourth-order valence-electron chi connectivity index (χ4n) is 2.56. The van der Waals surface area contributed by atoms with Gasteiger partial charge in [-0.2, -0.15) is 16.4 Å². The zero-order valence-electron chi connectivity index (χ0n) is 12.2. The summed E-state index contributed by atoms with van der Waals surface area (Å²) >= 11 is 1.77.